The number of aromatic nitrogens is 1. The standard InChI is InChI=1S/C8H4F5NO2/c9-7(10)3-1-5(16)4(2-15)14-6(3)8(11,12)13/h1-2,7,16H. The summed E-state index contributed by atoms with van der Waals surface area (Å²) in [5.74, 6) is -1.02. The molecule has 16 heavy (non-hydrogen) atoms. The van der Waals surface area contributed by atoms with Crippen molar-refractivity contribution in [3.8, 4) is 5.75 Å². The van der Waals surface area contributed by atoms with Gasteiger partial charge < -0.3 is 5.11 Å². The van der Waals surface area contributed by atoms with Gasteiger partial charge in [0.2, 0.25) is 0 Å². The minimum absolute atomic E-state index is 0.153. The zero-order valence-corrected chi connectivity index (χ0v) is 7.42. The number of halogens is 5. The molecule has 0 unspecified atom stereocenters. The molecule has 1 rings (SSSR count). The number of rotatable bonds is 2. The normalized spacial score (nSPS) is 11.9. The van der Waals surface area contributed by atoms with Gasteiger partial charge in [0.15, 0.2) is 12.0 Å². The van der Waals surface area contributed by atoms with Gasteiger partial charge in [0.1, 0.15) is 11.4 Å². The lowest BCUT2D eigenvalue weighted by atomic mass is 10.1. The number of carbonyl (C=O) groups is 1. The van der Waals surface area contributed by atoms with E-state index < -0.39 is 35.3 Å². The Morgan fingerprint density at radius 3 is 2.31 bits per heavy atom. The van der Waals surface area contributed by atoms with Gasteiger partial charge in [-0.25, -0.2) is 13.8 Å². The Morgan fingerprint density at radius 2 is 1.94 bits per heavy atom. The van der Waals surface area contributed by atoms with Crippen LogP contribution < -0.4 is 0 Å². The van der Waals surface area contributed by atoms with Crippen LogP contribution in [0.25, 0.3) is 0 Å². The highest BCUT2D eigenvalue weighted by Crippen LogP contribution is 2.37. The van der Waals surface area contributed by atoms with Gasteiger partial charge in [-0.3, -0.25) is 4.79 Å². The van der Waals surface area contributed by atoms with Crippen molar-refractivity contribution in [2.24, 2.45) is 0 Å². The predicted molar refractivity (Wildman–Crippen MR) is 41.2 cm³/mol. The van der Waals surface area contributed by atoms with Crippen molar-refractivity contribution in [3.63, 3.8) is 0 Å². The van der Waals surface area contributed by atoms with E-state index in [0.29, 0.717) is 0 Å². The second-order valence-corrected chi connectivity index (χ2v) is 2.75. The van der Waals surface area contributed by atoms with Crippen molar-refractivity contribution in [2.75, 3.05) is 0 Å². The van der Waals surface area contributed by atoms with E-state index >= 15 is 0 Å². The molecule has 1 heterocycles. The molecule has 1 aromatic heterocycles. The molecule has 1 aromatic rings. The SMILES string of the molecule is O=Cc1nc(C(F)(F)F)c(C(F)F)cc1O. The lowest BCUT2D eigenvalue weighted by Crippen LogP contribution is -2.14. The Kier molecular flexibility index (Phi) is 3.11. The number of alkyl halides is 5. The maximum atomic E-state index is 12.3. The van der Waals surface area contributed by atoms with Crippen molar-refractivity contribution in [1.82, 2.24) is 4.98 Å². The highest BCUT2D eigenvalue weighted by Gasteiger charge is 2.38. The fourth-order valence-electron chi connectivity index (χ4n) is 1.01. The van der Waals surface area contributed by atoms with Crippen molar-refractivity contribution < 1.29 is 31.9 Å². The predicted octanol–water partition coefficient (Wildman–Crippen LogP) is 2.56. The number of aromatic hydroxyl groups is 1. The number of pyridine rings is 1. The molecule has 0 aromatic carbocycles. The second kappa shape index (κ2) is 4.03. The summed E-state index contributed by atoms with van der Waals surface area (Å²) >= 11 is 0. The van der Waals surface area contributed by atoms with Crippen LogP contribution in [-0.4, -0.2) is 16.4 Å². The molecule has 0 amide bonds. The van der Waals surface area contributed by atoms with Gasteiger partial charge in [0.05, 0.1) is 5.56 Å². The summed E-state index contributed by atoms with van der Waals surface area (Å²) in [5, 5.41) is 8.94. The molecule has 0 atom stereocenters. The fraction of sp³-hybridized carbons (Fsp3) is 0.250. The number of carbonyl (C=O) groups excluding carboxylic acids is 1. The smallest absolute Gasteiger partial charge is 0.433 e. The van der Waals surface area contributed by atoms with Gasteiger partial charge in [-0.05, 0) is 6.07 Å². The first-order chi connectivity index (χ1) is 7.27. The number of nitrogens with zero attached hydrogens (tertiary/aromatic N) is 1. The minimum atomic E-state index is -5.11. The molecule has 0 aliphatic carbocycles. The Morgan fingerprint density at radius 1 is 1.38 bits per heavy atom. The molecule has 0 saturated heterocycles. The van der Waals surface area contributed by atoms with Gasteiger partial charge >= 0.3 is 6.18 Å². The zero-order valence-electron chi connectivity index (χ0n) is 7.42. The van der Waals surface area contributed by atoms with Crippen LogP contribution >= 0.6 is 0 Å². The van der Waals surface area contributed by atoms with E-state index in [9.17, 15) is 26.7 Å². The van der Waals surface area contributed by atoms with Crippen LogP contribution in [0.2, 0.25) is 0 Å². The summed E-state index contributed by atoms with van der Waals surface area (Å²) in [7, 11) is 0. The van der Waals surface area contributed by atoms with Gasteiger partial charge in [0, 0.05) is 0 Å². The summed E-state index contributed by atoms with van der Waals surface area (Å²) in [6.07, 6.45) is -8.72. The lowest BCUT2D eigenvalue weighted by molar-refractivity contribution is -0.143. The molecule has 3 nitrogen and oxygen atoms in total. The number of hydrogen-bond acceptors (Lipinski definition) is 3. The molecule has 0 fully saturated rings. The second-order valence-electron chi connectivity index (χ2n) is 2.75. The minimum Gasteiger partial charge on any atom is -0.506 e. The fourth-order valence-corrected chi connectivity index (χ4v) is 1.01. The molecule has 0 aliphatic heterocycles. The van der Waals surface area contributed by atoms with Gasteiger partial charge in [-0.15, -0.1) is 0 Å². The van der Waals surface area contributed by atoms with E-state index in [2.05, 4.69) is 4.98 Å². The van der Waals surface area contributed by atoms with E-state index in [4.69, 9.17) is 5.11 Å². The third-order valence-electron chi connectivity index (χ3n) is 1.68. The highest BCUT2D eigenvalue weighted by molar-refractivity contribution is 5.76. The van der Waals surface area contributed by atoms with Gasteiger partial charge in [-0.2, -0.15) is 13.2 Å². The van der Waals surface area contributed by atoms with E-state index in [1.54, 1.807) is 0 Å². The van der Waals surface area contributed by atoms with E-state index in [1.807, 2.05) is 0 Å². The zero-order chi connectivity index (χ0) is 12.5. The molecular weight excluding hydrogens is 237 g/mol. The summed E-state index contributed by atoms with van der Waals surface area (Å²) < 4.78 is 61.3. The van der Waals surface area contributed by atoms with Crippen LogP contribution in [0.15, 0.2) is 6.07 Å². The van der Waals surface area contributed by atoms with Gasteiger partial charge in [-0.1, -0.05) is 0 Å². The molecule has 1 N–H and O–H groups in total. The van der Waals surface area contributed by atoms with E-state index in [1.165, 1.54) is 0 Å². The van der Waals surface area contributed by atoms with Crippen LogP contribution in [0.3, 0.4) is 0 Å². The molecule has 0 radical (unpaired) electrons. The largest absolute Gasteiger partial charge is 0.506 e. The third-order valence-corrected chi connectivity index (χ3v) is 1.68. The first-order valence-corrected chi connectivity index (χ1v) is 3.81. The van der Waals surface area contributed by atoms with Crippen LogP contribution in [0.1, 0.15) is 28.2 Å². The Bertz CT molecular complexity index is 416. The van der Waals surface area contributed by atoms with Gasteiger partial charge in [0.25, 0.3) is 6.43 Å². The topological polar surface area (TPSA) is 50.2 Å². The van der Waals surface area contributed by atoms with E-state index in [0.717, 1.165) is 0 Å². The summed E-state index contributed by atoms with van der Waals surface area (Å²) in [6, 6.07) is 0.185. The molecule has 0 saturated carbocycles. The summed E-state index contributed by atoms with van der Waals surface area (Å²) in [4.78, 5) is 12.9. The van der Waals surface area contributed by atoms with E-state index in [-0.39, 0.29) is 12.4 Å². The van der Waals surface area contributed by atoms with Crippen LogP contribution in [0.5, 0.6) is 5.75 Å². The van der Waals surface area contributed by atoms with Crippen molar-refractivity contribution in [3.05, 3.63) is 23.0 Å². The maximum absolute atomic E-state index is 12.3. The van der Waals surface area contributed by atoms with Crippen molar-refractivity contribution >= 4 is 6.29 Å². The van der Waals surface area contributed by atoms with Crippen LogP contribution in [0.4, 0.5) is 22.0 Å². The first kappa shape index (κ1) is 12.3. The lowest BCUT2D eigenvalue weighted by Gasteiger charge is -2.12. The summed E-state index contributed by atoms with van der Waals surface area (Å²) in [6.45, 7) is 0. The Hall–Kier alpha value is -1.73. The average molecular weight is 241 g/mol. The van der Waals surface area contributed by atoms with Crippen LogP contribution in [0, 0.1) is 0 Å². The Labute approximate surface area is 85.5 Å². The third kappa shape index (κ3) is 2.26. The van der Waals surface area contributed by atoms with Crippen molar-refractivity contribution in [1.29, 1.82) is 0 Å². The maximum Gasteiger partial charge on any atom is 0.433 e. The number of aldehydes is 1. The average Bonchev–Trinajstić information content (AvgIpc) is 2.15. The Balaban J connectivity index is 3.49. The summed E-state index contributed by atoms with van der Waals surface area (Å²) in [5.41, 5.74) is -4.27. The first-order valence-electron chi connectivity index (χ1n) is 3.81. The monoisotopic (exact) mass is 241 g/mol. The molecule has 0 aliphatic rings. The molecular formula is C8H4F5NO2. The quantitative estimate of drug-likeness (QED) is 0.639. The molecule has 0 bridgehead atoms. The van der Waals surface area contributed by atoms with Crippen molar-refractivity contribution in [2.45, 2.75) is 12.6 Å². The molecule has 0 spiro atoms. The van der Waals surface area contributed by atoms with Crippen LogP contribution in [-0.2, 0) is 6.18 Å². The highest BCUT2D eigenvalue weighted by atomic mass is 19.4. The molecule has 8 heteroatoms. The molecule has 88 valence electrons. The number of hydrogen-bond donors (Lipinski definition) is 1.